The number of aliphatic imine (C=N–C) groups is 1. The second-order valence-corrected chi connectivity index (χ2v) is 7.65. The summed E-state index contributed by atoms with van der Waals surface area (Å²) in [7, 11) is 3.21. The van der Waals surface area contributed by atoms with Crippen molar-refractivity contribution >= 4 is 48.3 Å². The number of hydrogen-bond acceptors (Lipinski definition) is 7. The molecule has 1 heterocycles. The van der Waals surface area contributed by atoms with Crippen LogP contribution in [0.4, 0.5) is 0 Å². The Morgan fingerprint density at radius 1 is 1.20 bits per heavy atom. The van der Waals surface area contributed by atoms with Crippen molar-refractivity contribution < 1.29 is 40.3 Å². The molecule has 0 spiro atoms. The first-order chi connectivity index (χ1) is 15.0. The molecular formula is C21H35N3O8S3. The van der Waals surface area contributed by atoms with E-state index in [1.165, 1.54) is 12.0 Å². The Bertz CT molecular complexity index is 906. The van der Waals surface area contributed by atoms with E-state index in [9.17, 15) is 0 Å². The molecule has 35 heavy (non-hydrogen) atoms. The molecule has 0 aliphatic carbocycles. The second kappa shape index (κ2) is 19.9. The zero-order valence-corrected chi connectivity index (χ0v) is 22.2. The van der Waals surface area contributed by atoms with Crippen LogP contribution >= 0.6 is 36.9 Å². The fourth-order valence-electron chi connectivity index (χ4n) is 2.84. The van der Waals surface area contributed by atoms with Gasteiger partial charge >= 0.3 is 0 Å². The van der Waals surface area contributed by atoms with Crippen LogP contribution < -0.4 is 25.3 Å². The number of rotatable bonds is 6. The Morgan fingerprint density at radius 3 is 2.51 bits per heavy atom. The first-order valence-electron chi connectivity index (χ1n) is 9.40. The van der Waals surface area contributed by atoms with Gasteiger partial charge in [-0.15, -0.1) is 12.6 Å². The van der Waals surface area contributed by atoms with Crippen LogP contribution in [0, 0.1) is 0 Å². The Labute approximate surface area is 220 Å². The molecular weight excluding hydrogens is 518 g/mol. The number of thiocarbonyl (C=S) groups is 1. The lowest BCUT2D eigenvalue weighted by molar-refractivity contribution is 0.158. The maximum atomic E-state index is 5.56. The van der Waals surface area contributed by atoms with E-state index < -0.39 is 0 Å². The number of thiol groups is 1. The summed E-state index contributed by atoms with van der Waals surface area (Å²) in [5.41, 5.74) is 7.22. The minimum absolute atomic E-state index is 0. The number of nitrogens with two attached hydrogens (primary N) is 1. The summed E-state index contributed by atoms with van der Waals surface area (Å²) in [5, 5.41) is 3.28. The molecule has 2 aromatic rings. The highest BCUT2D eigenvalue weighted by Gasteiger charge is 2.22. The molecule has 0 saturated carbocycles. The summed E-state index contributed by atoms with van der Waals surface area (Å²) in [5.74, 6) is 2.38. The molecule has 0 saturated heterocycles. The lowest BCUT2D eigenvalue weighted by Crippen LogP contribution is -2.19. The molecule has 200 valence electrons. The maximum Gasteiger partial charge on any atom is 0.194 e. The highest BCUT2D eigenvalue weighted by Crippen LogP contribution is 2.37. The molecule has 0 bridgehead atoms. The molecule has 0 amide bonds. The van der Waals surface area contributed by atoms with E-state index >= 15 is 0 Å². The third-order valence-electron chi connectivity index (χ3n) is 4.31. The maximum absolute atomic E-state index is 5.56. The van der Waals surface area contributed by atoms with Gasteiger partial charge in [0.1, 0.15) is 23.4 Å². The molecule has 0 aromatic heterocycles. The van der Waals surface area contributed by atoms with E-state index in [4.69, 9.17) is 36.3 Å². The Morgan fingerprint density at radius 2 is 1.91 bits per heavy atom. The molecule has 0 fully saturated rings. The van der Waals surface area contributed by atoms with Crippen molar-refractivity contribution in [3.05, 3.63) is 47.5 Å². The average Bonchev–Trinajstić information content (AvgIpc) is 2.78. The molecule has 0 radical (unpaired) electrons. The molecule has 0 unspecified atom stereocenters. The van der Waals surface area contributed by atoms with Crippen LogP contribution in [0.2, 0.25) is 0 Å². The number of fused-ring (bicyclic) bond motifs is 1. The van der Waals surface area contributed by atoms with E-state index in [1.54, 1.807) is 14.2 Å². The largest absolute Gasteiger partial charge is 0.497 e. The van der Waals surface area contributed by atoms with Crippen molar-refractivity contribution in [1.82, 2.24) is 5.32 Å². The monoisotopic (exact) mass is 553 g/mol. The lowest BCUT2D eigenvalue weighted by Gasteiger charge is -2.24. The van der Waals surface area contributed by atoms with Crippen LogP contribution in [0.15, 0.2) is 46.3 Å². The summed E-state index contributed by atoms with van der Waals surface area (Å²) in [6.45, 7) is 1.23. The van der Waals surface area contributed by atoms with Gasteiger partial charge in [-0.05, 0) is 48.5 Å². The third-order valence-corrected chi connectivity index (χ3v) is 5.26. The van der Waals surface area contributed by atoms with E-state index in [0.29, 0.717) is 11.7 Å². The van der Waals surface area contributed by atoms with Crippen LogP contribution in [-0.2, 0) is 10.7 Å². The predicted molar refractivity (Wildman–Crippen MR) is 147 cm³/mol. The third kappa shape index (κ3) is 11.8. The second-order valence-electron chi connectivity index (χ2n) is 6.23. The van der Waals surface area contributed by atoms with Crippen LogP contribution in [0.1, 0.15) is 23.7 Å². The smallest absolute Gasteiger partial charge is 0.194 e. The fraction of sp³-hybridized carbons (Fsp3) is 0.333. The van der Waals surface area contributed by atoms with Crippen molar-refractivity contribution in [1.29, 1.82) is 0 Å². The van der Waals surface area contributed by atoms with Gasteiger partial charge in [0.15, 0.2) is 5.11 Å². The minimum atomic E-state index is 0. The quantitative estimate of drug-likeness (QED) is 0.153. The van der Waals surface area contributed by atoms with Crippen LogP contribution in [-0.4, -0.2) is 60.4 Å². The van der Waals surface area contributed by atoms with Crippen molar-refractivity contribution in [3.8, 4) is 17.2 Å². The van der Waals surface area contributed by atoms with Gasteiger partial charge in [-0.25, -0.2) is 4.99 Å². The van der Waals surface area contributed by atoms with E-state index in [0.717, 1.165) is 52.6 Å². The topological polar surface area (TPSA) is 213 Å². The predicted octanol–water partition coefficient (Wildman–Crippen LogP) is 0.860. The van der Waals surface area contributed by atoms with Crippen molar-refractivity contribution in [3.63, 3.8) is 0 Å². The van der Waals surface area contributed by atoms with E-state index in [2.05, 4.69) is 22.9 Å². The summed E-state index contributed by atoms with van der Waals surface area (Å²) in [6.07, 6.45) is 4.16. The van der Waals surface area contributed by atoms with Gasteiger partial charge in [0.25, 0.3) is 0 Å². The SMILES string of the molecule is COc1ccc(CNC(=S)/N=C\N)c(OC)c1.CSO[C@@H]1CCOc2cc(S)ccc21.O.O.O.O. The Balaban J connectivity index is -0.000000531. The van der Waals surface area contributed by atoms with Gasteiger partial charge in [0, 0.05) is 41.3 Å². The number of methoxy groups -OCH3 is 2. The standard InChI is InChI=1S/C11H15N3O2S.C10H12O2S2.4H2O/c1-15-9-4-3-8(10(5-9)16-2)6-13-11(17)14-7-12;1-14-12-9-4-5-11-10-6-7(13)2-3-8(9)10;;;;/h3-5,7H,6H2,1-2H3,(H3,12,13,14,17);2-3,6,9,13H,4-5H2,1H3;4*1H2/t;9-;;;;/m.1..../s1. The summed E-state index contributed by atoms with van der Waals surface area (Å²) in [6, 6.07) is 11.5. The first kappa shape index (κ1) is 37.3. The minimum Gasteiger partial charge on any atom is -0.497 e. The Kier molecular flexibility index (Phi) is 21.2. The van der Waals surface area contributed by atoms with Crippen molar-refractivity contribution in [2.45, 2.75) is 24.0 Å². The number of nitrogens with zero attached hydrogens (tertiary/aromatic N) is 1. The van der Waals surface area contributed by atoms with Gasteiger partial charge < -0.3 is 51.3 Å². The van der Waals surface area contributed by atoms with E-state index in [1.807, 2.05) is 42.7 Å². The van der Waals surface area contributed by atoms with Crippen LogP contribution in [0.5, 0.6) is 17.2 Å². The molecule has 1 aliphatic heterocycles. The molecule has 1 aliphatic rings. The van der Waals surface area contributed by atoms with Crippen molar-refractivity contribution in [2.75, 3.05) is 27.1 Å². The fourth-order valence-corrected chi connectivity index (χ4v) is 3.60. The van der Waals surface area contributed by atoms with Gasteiger partial charge in [-0.2, -0.15) is 0 Å². The molecule has 2 aromatic carbocycles. The average molecular weight is 554 g/mol. The molecule has 1 atom stereocenters. The summed E-state index contributed by atoms with van der Waals surface area (Å²) >= 11 is 10.6. The molecule has 11 nitrogen and oxygen atoms in total. The number of nitrogens with one attached hydrogen (secondary N) is 1. The number of hydrogen-bond donors (Lipinski definition) is 3. The molecule has 14 heteroatoms. The molecule has 3 rings (SSSR count). The van der Waals surface area contributed by atoms with Gasteiger partial charge in [0.05, 0.1) is 27.2 Å². The highest BCUT2D eigenvalue weighted by molar-refractivity contribution is 7.93. The summed E-state index contributed by atoms with van der Waals surface area (Å²) < 4.78 is 21.5. The highest BCUT2D eigenvalue weighted by atomic mass is 32.2. The zero-order valence-electron chi connectivity index (χ0n) is 19.7. The zero-order chi connectivity index (χ0) is 22.6. The van der Waals surface area contributed by atoms with Gasteiger partial charge in [-0.1, -0.05) is 6.07 Å². The number of ether oxygens (including phenoxy) is 3. The number of benzene rings is 2. The van der Waals surface area contributed by atoms with Crippen molar-refractivity contribution in [2.24, 2.45) is 10.7 Å². The summed E-state index contributed by atoms with van der Waals surface area (Å²) in [4.78, 5) is 4.66. The first-order valence-corrected chi connectivity index (χ1v) is 11.4. The van der Waals surface area contributed by atoms with Gasteiger partial charge in [-0.3, -0.25) is 0 Å². The van der Waals surface area contributed by atoms with Crippen LogP contribution in [0.3, 0.4) is 0 Å². The van der Waals surface area contributed by atoms with Crippen LogP contribution in [0.25, 0.3) is 0 Å². The lowest BCUT2D eigenvalue weighted by atomic mass is 10.0. The Hall–Kier alpha value is -2.30. The normalized spacial score (nSPS) is 13.0. The van der Waals surface area contributed by atoms with Gasteiger partial charge in [0.2, 0.25) is 0 Å². The molecule has 11 N–H and O–H groups in total. The van der Waals surface area contributed by atoms with E-state index in [-0.39, 0.29) is 28.0 Å².